The van der Waals surface area contributed by atoms with Crippen molar-refractivity contribution in [2.45, 2.75) is 19.9 Å². The van der Waals surface area contributed by atoms with Crippen molar-refractivity contribution in [3.05, 3.63) is 57.7 Å². The van der Waals surface area contributed by atoms with Crippen molar-refractivity contribution in [3.8, 4) is 0 Å². The Balaban J connectivity index is 2.41. The van der Waals surface area contributed by atoms with Gasteiger partial charge in [0.1, 0.15) is 11.6 Å². The Hall–Kier alpha value is -1.13. The molecular formula is C14H15BrFNO. The van der Waals surface area contributed by atoms with Crippen molar-refractivity contribution in [1.82, 2.24) is 5.32 Å². The number of furan rings is 1. The molecule has 1 unspecified atom stereocenters. The molecule has 0 amide bonds. The number of rotatable bonds is 4. The van der Waals surface area contributed by atoms with E-state index in [1.807, 2.05) is 19.1 Å². The van der Waals surface area contributed by atoms with Crippen LogP contribution in [-0.4, -0.2) is 6.54 Å². The molecule has 4 heteroatoms. The van der Waals surface area contributed by atoms with Gasteiger partial charge in [-0.05, 0) is 52.7 Å². The van der Waals surface area contributed by atoms with Crippen LogP contribution in [0.2, 0.25) is 0 Å². The summed E-state index contributed by atoms with van der Waals surface area (Å²) in [6.07, 6.45) is 1.62. The lowest BCUT2D eigenvalue weighted by molar-refractivity contribution is 0.448. The highest BCUT2D eigenvalue weighted by atomic mass is 79.9. The lowest BCUT2D eigenvalue weighted by atomic mass is 10.0. The molecule has 1 heterocycles. The summed E-state index contributed by atoms with van der Waals surface area (Å²) in [4.78, 5) is 0. The number of nitrogens with one attached hydrogen (secondary N) is 1. The fourth-order valence-electron chi connectivity index (χ4n) is 1.87. The minimum Gasteiger partial charge on any atom is -0.466 e. The van der Waals surface area contributed by atoms with Gasteiger partial charge in [-0.1, -0.05) is 19.1 Å². The molecule has 0 aliphatic heterocycles. The summed E-state index contributed by atoms with van der Waals surface area (Å²) in [5.74, 6) is 0.568. The molecule has 0 aliphatic rings. The average Bonchev–Trinajstić information content (AvgIpc) is 2.76. The summed E-state index contributed by atoms with van der Waals surface area (Å²) in [6, 6.07) is 6.95. The number of benzene rings is 1. The van der Waals surface area contributed by atoms with Crippen molar-refractivity contribution in [1.29, 1.82) is 0 Å². The molecule has 0 saturated heterocycles. The molecular weight excluding hydrogens is 297 g/mol. The van der Waals surface area contributed by atoms with Gasteiger partial charge in [0, 0.05) is 0 Å². The van der Waals surface area contributed by atoms with Crippen LogP contribution in [0.5, 0.6) is 0 Å². The summed E-state index contributed by atoms with van der Waals surface area (Å²) < 4.78 is 20.0. The van der Waals surface area contributed by atoms with Gasteiger partial charge in [-0.3, -0.25) is 0 Å². The van der Waals surface area contributed by atoms with Gasteiger partial charge in [-0.25, -0.2) is 4.39 Å². The maximum atomic E-state index is 13.7. The highest BCUT2D eigenvalue weighted by Crippen LogP contribution is 2.30. The SMILES string of the molecule is CCNC(c1ccc(C)c(F)c1)c1occc1Br. The first-order valence-corrected chi connectivity index (χ1v) is 6.65. The monoisotopic (exact) mass is 311 g/mol. The Kier molecular flexibility index (Phi) is 4.19. The van der Waals surface area contributed by atoms with E-state index in [0.717, 1.165) is 22.3 Å². The Bertz CT molecular complexity index is 538. The van der Waals surface area contributed by atoms with Gasteiger partial charge < -0.3 is 9.73 Å². The summed E-state index contributed by atoms with van der Waals surface area (Å²) in [6.45, 7) is 4.53. The Morgan fingerprint density at radius 2 is 2.17 bits per heavy atom. The van der Waals surface area contributed by atoms with Crippen LogP contribution in [0.1, 0.15) is 29.9 Å². The summed E-state index contributed by atoms with van der Waals surface area (Å²) >= 11 is 3.44. The molecule has 0 radical (unpaired) electrons. The smallest absolute Gasteiger partial charge is 0.139 e. The van der Waals surface area contributed by atoms with Crippen LogP contribution in [0.3, 0.4) is 0 Å². The van der Waals surface area contributed by atoms with Crippen LogP contribution in [-0.2, 0) is 0 Å². The molecule has 18 heavy (non-hydrogen) atoms. The molecule has 1 N–H and O–H groups in total. The zero-order valence-electron chi connectivity index (χ0n) is 10.3. The number of aryl methyl sites for hydroxylation is 1. The minimum atomic E-state index is -0.196. The van der Waals surface area contributed by atoms with Crippen molar-refractivity contribution >= 4 is 15.9 Å². The molecule has 0 fully saturated rings. The molecule has 0 spiro atoms. The van der Waals surface area contributed by atoms with Gasteiger partial charge in [-0.15, -0.1) is 0 Å². The van der Waals surface area contributed by atoms with Crippen molar-refractivity contribution in [2.75, 3.05) is 6.54 Å². The Morgan fingerprint density at radius 3 is 2.72 bits per heavy atom. The third-order valence-electron chi connectivity index (χ3n) is 2.84. The Morgan fingerprint density at radius 1 is 1.39 bits per heavy atom. The van der Waals surface area contributed by atoms with Crippen LogP contribution in [0.4, 0.5) is 4.39 Å². The largest absolute Gasteiger partial charge is 0.466 e. The summed E-state index contributed by atoms with van der Waals surface area (Å²) in [5.41, 5.74) is 1.50. The molecule has 0 bridgehead atoms. The standard InChI is InChI=1S/C14H15BrFNO/c1-3-17-13(14-11(15)6-7-18-14)10-5-4-9(2)12(16)8-10/h4-8,13,17H,3H2,1-2H3. The van der Waals surface area contributed by atoms with E-state index in [1.54, 1.807) is 25.3 Å². The third-order valence-corrected chi connectivity index (χ3v) is 3.50. The van der Waals surface area contributed by atoms with E-state index in [1.165, 1.54) is 0 Å². The van der Waals surface area contributed by atoms with E-state index in [2.05, 4.69) is 21.2 Å². The highest BCUT2D eigenvalue weighted by molar-refractivity contribution is 9.10. The topological polar surface area (TPSA) is 25.2 Å². The number of halogens is 2. The molecule has 2 aromatic rings. The quantitative estimate of drug-likeness (QED) is 0.916. The predicted octanol–water partition coefficient (Wildman–Crippen LogP) is 4.19. The van der Waals surface area contributed by atoms with E-state index in [0.29, 0.717) is 5.56 Å². The predicted molar refractivity (Wildman–Crippen MR) is 73.1 cm³/mol. The molecule has 0 saturated carbocycles. The average molecular weight is 312 g/mol. The first-order chi connectivity index (χ1) is 8.63. The van der Waals surface area contributed by atoms with Crippen LogP contribution >= 0.6 is 15.9 Å². The van der Waals surface area contributed by atoms with Crippen molar-refractivity contribution in [2.24, 2.45) is 0 Å². The highest BCUT2D eigenvalue weighted by Gasteiger charge is 2.19. The second-order valence-electron chi connectivity index (χ2n) is 4.13. The van der Waals surface area contributed by atoms with Crippen LogP contribution < -0.4 is 5.32 Å². The van der Waals surface area contributed by atoms with Crippen LogP contribution in [0, 0.1) is 12.7 Å². The van der Waals surface area contributed by atoms with Gasteiger partial charge in [0.2, 0.25) is 0 Å². The lowest BCUT2D eigenvalue weighted by Crippen LogP contribution is -2.22. The van der Waals surface area contributed by atoms with Gasteiger partial charge >= 0.3 is 0 Å². The maximum Gasteiger partial charge on any atom is 0.139 e. The fourth-order valence-corrected chi connectivity index (χ4v) is 2.30. The minimum absolute atomic E-state index is 0.144. The molecule has 1 atom stereocenters. The zero-order chi connectivity index (χ0) is 13.1. The Labute approximate surface area is 114 Å². The van der Waals surface area contributed by atoms with Gasteiger partial charge in [0.05, 0.1) is 16.8 Å². The number of hydrogen-bond donors (Lipinski definition) is 1. The van der Waals surface area contributed by atoms with Gasteiger partial charge in [0.15, 0.2) is 0 Å². The molecule has 2 rings (SSSR count). The first-order valence-electron chi connectivity index (χ1n) is 5.85. The normalized spacial score (nSPS) is 12.7. The van der Waals surface area contributed by atoms with E-state index in [-0.39, 0.29) is 11.9 Å². The van der Waals surface area contributed by atoms with E-state index < -0.39 is 0 Å². The molecule has 1 aromatic heterocycles. The molecule has 96 valence electrons. The fraction of sp³-hybridized carbons (Fsp3) is 0.286. The van der Waals surface area contributed by atoms with Crippen molar-refractivity contribution in [3.63, 3.8) is 0 Å². The van der Waals surface area contributed by atoms with E-state index >= 15 is 0 Å². The zero-order valence-corrected chi connectivity index (χ0v) is 11.9. The molecule has 2 nitrogen and oxygen atoms in total. The van der Waals surface area contributed by atoms with E-state index in [9.17, 15) is 4.39 Å². The molecule has 1 aromatic carbocycles. The second-order valence-corrected chi connectivity index (χ2v) is 4.99. The third kappa shape index (κ3) is 2.65. The van der Waals surface area contributed by atoms with Crippen molar-refractivity contribution < 1.29 is 8.81 Å². The van der Waals surface area contributed by atoms with E-state index in [4.69, 9.17) is 4.42 Å². The number of hydrogen-bond acceptors (Lipinski definition) is 2. The molecule has 0 aliphatic carbocycles. The summed E-state index contributed by atoms with van der Waals surface area (Å²) in [5, 5.41) is 3.30. The van der Waals surface area contributed by atoms with Crippen LogP contribution in [0.15, 0.2) is 39.4 Å². The summed E-state index contributed by atoms with van der Waals surface area (Å²) in [7, 11) is 0. The lowest BCUT2D eigenvalue weighted by Gasteiger charge is -2.17. The second kappa shape index (κ2) is 5.67. The van der Waals surface area contributed by atoms with Crippen LogP contribution in [0.25, 0.3) is 0 Å². The van der Waals surface area contributed by atoms with Gasteiger partial charge in [0.25, 0.3) is 0 Å². The first kappa shape index (κ1) is 13.3. The van der Waals surface area contributed by atoms with Gasteiger partial charge in [-0.2, -0.15) is 0 Å². The maximum absolute atomic E-state index is 13.7.